The Labute approximate surface area is 157 Å². The maximum absolute atomic E-state index is 12.8. The normalized spacial score (nSPS) is 12.1. The molecule has 0 unspecified atom stereocenters. The second kappa shape index (κ2) is 7.56. The first kappa shape index (κ1) is 18.5. The van der Waals surface area contributed by atoms with Gasteiger partial charge in [0.2, 0.25) is 0 Å². The molecule has 0 atom stereocenters. The van der Waals surface area contributed by atoms with Crippen LogP contribution in [0.15, 0.2) is 35.3 Å². The smallest absolute Gasteiger partial charge is 0.279 e. The van der Waals surface area contributed by atoms with E-state index in [1.54, 1.807) is 18.4 Å². The fourth-order valence-corrected chi connectivity index (χ4v) is 4.19. The van der Waals surface area contributed by atoms with Crippen molar-refractivity contribution < 1.29 is 9.53 Å². The van der Waals surface area contributed by atoms with Crippen LogP contribution in [0.25, 0.3) is 10.2 Å². The van der Waals surface area contributed by atoms with Crippen LogP contribution in [0.4, 0.5) is 0 Å². The fourth-order valence-electron chi connectivity index (χ4n) is 3.06. The maximum Gasteiger partial charge on any atom is 0.279 e. The summed E-state index contributed by atoms with van der Waals surface area (Å²) in [6.45, 7) is 9.43. The van der Waals surface area contributed by atoms with Crippen LogP contribution in [0, 0.1) is 27.7 Å². The Morgan fingerprint density at radius 1 is 1.04 bits per heavy atom. The Morgan fingerprint density at radius 3 is 2.35 bits per heavy atom. The van der Waals surface area contributed by atoms with E-state index in [4.69, 9.17) is 4.74 Å². The summed E-state index contributed by atoms with van der Waals surface area (Å²) < 4.78 is 8.47. The molecule has 0 radical (unpaired) electrons. The molecule has 2 aromatic carbocycles. The number of fused-ring (bicyclic) bond motifs is 1. The van der Waals surface area contributed by atoms with Crippen molar-refractivity contribution in [2.75, 3.05) is 13.7 Å². The molecule has 0 spiro atoms. The van der Waals surface area contributed by atoms with Crippen molar-refractivity contribution in [1.29, 1.82) is 0 Å². The summed E-state index contributed by atoms with van der Waals surface area (Å²) in [4.78, 5) is 17.9. The quantitative estimate of drug-likeness (QED) is 0.688. The molecule has 0 aliphatic heterocycles. The van der Waals surface area contributed by atoms with Crippen molar-refractivity contribution >= 4 is 27.5 Å². The molecule has 0 saturated carbocycles. The third-order valence-corrected chi connectivity index (χ3v) is 5.52. The van der Waals surface area contributed by atoms with Crippen LogP contribution in [0.5, 0.6) is 0 Å². The van der Waals surface area contributed by atoms with Gasteiger partial charge in [0.05, 0.1) is 16.8 Å². The molecule has 0 bridgehead atoms. The molecular formula is C21H24N2O2S. The molecule has 0 N–H and O–H groups in total. The number of amides is 1. The van der Waals surface area contributed by atoms with Gasteiger partial charge in [-0.05, 0) is 63.1 Å². The molecule has 1 aromatic heterocycles. The average molecular weight is 369 g/mol. The van der Waals surface area contributed by atoms with Crippen molar-refractivity contribution in [2.45, 2.75) is 34.2 Å². The van der Waals surface area contributed by atoms with Crippen LogP contribution >= 0.6 is 11.3 Å². The van der Waals surface area contributed by atoms with Crippen LogP contribution in [0.1, 0.15) is 32.6 Å². The van der Waals surface area contributed by atoms with Gasteiger partial charge in [-0.1, -0.05) is 28.5 Å². The zero-order chi connectivity index (χ0) is 18.8. The van der Waals surface area contributed by atoms with E-state index in [1.165, 1.54) is 11.1 Å². The standard InChI is InChI=1S/C21H24N2O2S/c1-13-8-14(2)10-17(9-13)20(24)22-21-23(6-7-25-5)18-11-15(3)16(4)12-19(18)26-21/h8-12H,6-7H2,1-5H3. The first-order valence-corrected chi connectivity index (χ1v) is 9.47. The highest BCUT2D eigenvalue weighted by Gasteiger charge is 2.11. The number of nitrogens with zero attached hydrogens (tertiary/aromatic N) is 2. The van der Waals surface area contributed by atoms with Crippen LogP contribution in [0.2, 0.25) is 0 Å². The number of hydrogen-bond acceptors (Lipinski definition) is 3. The van der Waals surface area contributed by atoms with Crippen LogP contribution < -0.4 is 4.80 Å². The van der Waals surface area contributed by atoms with Gasteiger partial charge in [0.15, 0.2) is 4.80 Å². The van der Waals surface area contributed by atoms with E-state index >= 15 is 0 Å². The van der Waals surface area contributed by atoms with E-state index in [2.05, 4.69) is 41.6 Å². The zero-order valence-electron chi connectivity index (χ0n) is 15.9. The minimum absolute atomic E-state index is 0.206. The Kier molecular flexibility index (Phi) is 5.39. The summed E-state index contributed by atoms with van der Waals surface area (Å²) in [5, 5.41) is 0. The molecule has 136 valence electrons. The second-order valence-electron chi connectivity index (χ2n) is 6.73. The third kappa shape index (κ3) is 3.79. The van der Waals surface area contributed by atoms with Crippen molar-refractivity contribution in [3.05, 3.63) is 63.0 Å². The number of aryl methyl sites for hydroxylation is 4. The van der Waals surface area contributed by atoms with Gasteiger partial charge in [-0.3, -0.25) is 4.79 Å². The highest BCUT2D eigenvalue weighted by atomic mass is 32.1. The molecule has 0 fully saturated rings. The van der Waals surface area contributed by atoms with Crippen LogP contribution in [0.3, 0.4) is 0 Å². The number of rotatable bonds is 4. The lowest BCUT2D eigenvalue weighted by Crippen LogP contribution is -2.19. The Hall–Kier alpha value is -2.24. The number of thiazole rings is 1. The molecule has 3 rings (SSSR count). The predicted octanol–water partition coefficient (Wildman–Crippen LogP) is 4.32. The summed E-state index contributed by atoms with van der Waals surface area (Å²) in [5.74, 6) is -0.206. The van der Waals surface area contributed by atoms with Crippen LogP contribution in [-0.2, 0) is 11.3 Å². The van der Waals surface area contributed by atoms with E-state index in [0.29, 0.717) is 23.5 Å². The summed E-state index contributed by atoms with van der Waals surface area (Å²) in [7, 11) is 1.68. The van der Waals surface area contributed by atoms with E-state index in [1.807, 2.05) is 26.0 Å². The number of methoxy groups -OCH3 is 1. The molecule has 5 heteroatoms. The van der Waals surface area contributed by atoms with Crippen molar-refractivity contribution in [2.24, 2.45) is 4.99 Å². The third-order valence-electron chi connectivity index (χ3n) is 4.48. The predicted molar refractivity (Wildman–Crippen MR) is 107 cm³/mol. The van der Waals surface area contributed by atoms with Gasteiger partial charge in [0, 0.05) is 19.2 Å². The number of ether oxygens (including phenoxy) is 1. The molecule has 26 heavy (non-hydrogen) atoms. The SMILES string of the molecule is COCCn1c(=NC(=O)c2cc(C)cc(C)c2)sc2cc(C)c(C)cc21. The Bertz CT molecular complexity index is 1020. The van der Waals surface area contributed by atoms with E-state index in [9.17, 15) is 4.79 Å². The molecule has 0 aliphatic carbocycles. The molecule has 0 aliphatic rings. The van der Waals surface area contributed by atoms with Gasteiger partial charge in [-0.15, -0.1) is 0 Å². The highest BCUT2D eigenvalue weighted by molar-refractivity contribution is 7.16. The van der Waals surface area contributed by atoms with Gasteiger partial charge in [-0.2, -0.15) is 4.99 Å². The van der Waals surface area contributed by atoms with Gasteiger partial charge >= 0.3 is 0 Å². The van der Waals surface area contributed by atoms with Gasteiger partial charge in [0.25, 0.3) is 5.91 Å². The fraction of sp³-hybridized carbons (Fsp3) is 0.333. The first-order valence-electron chi connectivity index (χ1n) is 8.66. The van der Waals surface area contributed by atoms with Gasteiger partial charge in [-0.25, -0.2) is 0 Å². The second-order valence-corrected chi connectivity index (χ2v) is 7.74. The molecular weight excluding hydrogens is 344 g/mol. The average Bonchev–Trinajstić information content (AvgIpc) is 2.88. The number of hydrogen-bond donors (Lipinski definition) is 0. The molecule has 1 amide bonds. The Balaban J connectivity index is 2.15. The molecule has 4 nitrogen and oxygen atoms in total. The zero-order valence-corrected chi connectivity index (χ0v) is 16.7. The minimum atomic E-state index is -0.206. The molecule has 0 saturated heterocycles. The number of benzene rings is 2. The van der Waals surface area contributed by atoms with E-state index in [0.717, 1.165) is 21.3 Å². The highest BCUT2D eigenvalue weighted by Crippen LogP contribution is 2.22. The van der Waals surface area contributed by atoms with Crippen LogP contribution in [-0.4, -0.2) is 24.2 Å². The number of carbonyl (C=O) groups is 1. The van der Waals surface area contributed by atoms with Crippen molar-refractivity contribution in [1.82, 2.24) is 4.57 Å². The number of carbonyl (C=O) groups excluding carboxylic acids is 1. The lowest BCUT2D eigenvalue weighted by atomic mass is 10.1. The summed E-state index contributed by atoms with van der Waals surface area (Å²) in [5.41, 5.74) is 6.34. The summed E-state index contributed by atoms with van der Waals surface area (Å²) in [6, 6.07) is 10.2. The largest absolute Gasteiger partial charge is 0.383 e. The van der Waals surface area contributed by atoms with E-state index < -0.39 is 0 Å². The monoisotopic (exact) mass is 368 g/mol. The van der Waals surface area contributed by atoms with Crippen molar-refractivity contribution in [3.63, 3.8) is 0 Å². The maximum atomic E-state index is 12.8. The topological polar surface area (TPSA) is 43.6 Å². The first-order chi connectivity index (χ1) is 12.4. The lowest BCUT2D eigenvalue weighted by Gasteiger charge is -2.06. The van der Waals surface area contributed by atoms with Gasteiger partial charge < -0.3 is 9.30 Å². The minimum Gasteiger partial charge on any atom is -0.383 e. The molecule has 3 aromatic rings. The lowest BCUT2D eigenvalue weighted by molar-refractivity contribution is 0.0997. The Morgan fingerprint density at radius 2 is 1.69 bits per heavy atom. The van der Waals surface area contributed by atoms with E-state index in [-0.39, 0.29) is 5.91 Å². The number of aromatic nitrogens is 1. The summed E-state index contributed by atoms with van der Waals surface area (Å²) >= 11 is 1.55. The molecule has 1 heterocycles. The van der Waals surface area contributed by atoms with Gasteiger partial charge in [0.1, 0.15) is 0 Å². The van der Waals surface area contributed by atoms with Crippen molar-refractivity contribution in [3.8, 4) is 0 Å². The summed E-state index contributed by atoms with van der Waals surface area (Å²) in [6.07, 6.45) is 0.